The normalized spacial score (nSPS) is 52.6. The highest BCUT2D eigenvalue weighted by atomic mass is 16.6. The SMILES string of the molecule is CC(=O)OC1CC[C@@]2(C)C(=CC[C@@H]3[C@@H]2CC[C@@]2(C)[C@H]3C[C@H]3O[C@]32C(C)=O)C1. The van der Waals surface area contributed by atoms with Crippen LogP contribution in [0.2, 0.25) is 0 Å². The van der Waals surface area contributed by atoms with E-state index in [-0.39, 0.29) is 34.8 Å². The number of fused-ring (bicyclic) bond motifs is 7. The number of carbonyl (C=O) groups is 2. The lowest BCUT2D eigenvalue weighted by molar-refractivity contribution is -0.149. The molecule has 4 fully saturated rings. The molecule has 8 atom stereocenters. The summed E-state index contributed by atoms with van der Waals surface area (Å²) in [5, 5.41) is 0. The fourth-order valence-electron chi connectivity index (χ4n) is 8.03. The van der Waals surface area contributed by atoms with Crippen LogP contribution < -0.4 is 0 Å². The molecule has 0 aromatic heterocycles. The van der Waals surface area contributed by atoms with Gasteiger partial charge in [0, 0.05) is 18.8 Å². The van der Waals surface area contributed by atoms with Crippen LogP contribution in [0, 0.1) is 28.6 Å². The minimum atomic E-state index is -0.472. The van der Waals surface area contributed by atoms with Crippen LogP contribution in [-0.2, 0) is 19.1 Å². The van der Waals surface area contributed by atoms with Crippen LogP contribution in [0.25, 0.3) is 0 Å². The van der Waals surface area contributed by atoms with E-state index in [0.29, 0.717) is 17.8 Å². The molecule has 0 bridgehead atoms. The van der Waals surface area contributed by atoms with Gasteiger partial charge in [-0.1, -0.05) is 25.5 Å². The summed E-state index contributed by atoms with van der Waals surface area (Å²) in [6, 6.07) is 0. The zero-order valence-electron chi connectivity index (χ0n) is 17.0. The van der Waals surface area contributed by atoms with E-state index in [2.05, 4.69) is 19.9 Å². The van der Waals surface area contributed by atoms with Crippen LogP contribution in [0.3, 0.4) is 0 Å². The van der Waals surface area contributed by atoms with E-state index in [1.54, 1.807) is 6.92 Å². The maximum absolute atomic E-state index is 12.5. The molecule has 3 saturated carbocycles. The molecule has 1 heterocycles. The number of ketones is 1. The van der Waals surface area contributed by atoms with Gasteiger partial charge in [0.15, 0.2) is 11.4 Å². The van der Waals surface area contributed by atoms with E-state index in [0.717, 1.165) is 38.5 Å². The van der Waals surface area contributed by atoms with Gasteiger partial charge in [-0.15, -0.1) is 0 Å². The van der Waals surface area contributed by atoms with Crippen molar-refractivity contribution in [1.29, 1.82) is 0 Å². The van der Waals surface area contributed by atoms with Gasteiger partial charge in [-0.25, -0.2) is 0 Å². The van der Waals surface area contributed by atoms with E-state index in [9.17, 15) is 9.59 Å². The van der Waals surface area contributed by atoms with E-state index in [4.69, 9.17) is 9.47 Å². The fourth-order valence-corrected chi connectivity index (χ4v) is 8.03. The van der Waals surface area contributed by atoms with Gasteiger partial charge in [0.2, 0.25) is 0 Å². The number of carbonyl (C=O) groups excluding carboxylic acids is 2. The van der Waals surface area contributed by atoms with Gasteiger partial charge in [0.1, 0.15) is 6.10 Å². The Labute approximate surface area is 162 Å². The van der Waals surface area contributed by atoms with Crippen molar-refractivity contribution in [3.63, 3.8) is 0 Å². The molecular formula is C23H32O4. The Morgan fingerprint density at radius 3 is 2.63 bits per heavy atom. The molecule has 27 heavy (non-hydrogen) atoms. The summed E-state index contributed by atoms with van der Waals surface area (Å²) in [7, 11) is 0. The van der Waals surface area contributed by atoms with Crippen LogP contribution in [0.4, 0.5) is 0 Å². The molecule has 0 N–H and O–H groups in total. The molecule has 0 spiro atoms. The van der Waals surface area contributed by atoms with Gasteiger partial charge < -0.3 is 9.47 Å². The minimum Gasteiger partial charge on any atom is -0.462 e. The molecule has 1 aliphatic heterocycles. The molecule has 148 valence electrons. The van der Waals surface area contributed by atoms with E-state index in [1.165, 1.54) is 18.9 Å². The monoisotopic (exact) mass is 372 g/mol. The average molecular weight is 373 g/mol. The van der Waals surface area contributed by atoms with Crippen LogP contribution >= 0.6 is 0 Å². The predicted octanol–water partition coefficient (Wildman–Crippen LogP) is 4.22. The van der Waals surface area contributed by atoms with Crippen molar-refractivity contribution in [3.05, 3.63) is 11.6 Å². The highest BCUT2D eigenvalue weighted by Gasteiger charge is 2.79. The van der Waals surface area contributed by atoms with Crippen molar-refractivity contribution in [2.24, 2.45) is 28.6 Å². The Balaban J connectivity index is 1.43. The van der Waals surface area contributed by atoms with E-state index in [1.807, 2.05) is 0 Å². The minimum absolute atomic E-state index is 0.0152. The molecule has 0 amide bonds. The summed E-state index contributed by atoms with van der Waals surface area (Å²) in [5.74, 6) is 2.03. The Morgan fingerprint density at radius 1 is 1.15 bits per heavy atom. The van der Waals surface area contributed by atoms with Gasteiger partial charge >= 0.3 is 5.97 Å². The van der Waals surface area contributed by atoms with Crippen LogP contribution in [0.1, 0.15) is 72.6 Å². The van der Waals surface area contributed by atoms with Crippen LogP contribution in [-0.4, -0.2) is 29.6 Å². The molecule has 1 unspecified atom stereocenters. The first-order valence-electron chi connectivity index (χ1n) is 10.8. The lowest BCUT2D eigenvalue weighted by atomic mass is 9.47. The third-order valence-electron chi connectivity index (χ3n) is 9.34. The Morgan fingerprint density at radius 2 is 1.93 bits per heavy atom. The van der Waals surface area contributed by atoms with Crippen molar-refractivity contribution in [2.75, 3.05) is 0 Å². The van der Waals surface area contributed by atoms with Gasteiger partial charge in [-0.3, -0.25) is 9.59 Å². The lowest BCUT2D eigenvalue weighted by Gasteiger charge is -2.58. The summed E-state index contributed by atoms with van der Waals surface area (Å²) in [6.45, 7) is 8.03. The topological polar surface area (TPSA) is 55.9 Å². The predicted molar refractivity (Wildman–Crippen MR) is 101 cm³/mol. The third-order valence-corrected chi connectivity index (χ3v) is 9.34. The number of Topliss-reactive ketones (excluding diaryl/α,β-unsaturated/α-hetero) is 1. The molecule has 0 radical (unpaired) electrons. The largest absolute Gasteiger partial charge is 0.462 e. The molecule has 5 aliphatic rings. The summed E-state index contributed by atoms with van der Waals surface area (Å²) >= 11 is 0. The third kappa shape index (κ3) is 2.14. The van der Waals surface area contributed by atoms with Gasteiger partial charge in [-0.05, 0) is 68.6 Å². The molecule has 0 aromatic carbocycles. The van der Waals surface area contributed by atoms with Crippen molar-refractivity contribution in [1.82, 2.24) is 0 Å². The quantitative estimate of drug-likeness (QED) is 0.414. The van der Waals surface area contributed by atoms with Crippen molar-refractivity contribution in [3.8, 4) is 0 Å². The Hall–Kier alpha value is -1.16. The molecule has 4 heteroatoms. The average Bonchev–Trinajstić information content (AvgIpc) is 3.27. The highest BCUT2D eigenvalue weighted by Crippen LogP contribution is 2.73. The van der Waals surface area contributed by atoms with Crippen molar-refractivity contribution in [2.45, 2.75) is 90.4 Å². The number of esters is 1. The van der Waals surface area contributed by atoms with Crippen LogP contribution in [0.15, 0.2) is 11.6 Å². The van der Waals surface area contributed by atoms with E-state index < -0.39 is 5.60 Å². The standard InChI is InChI=1S/C23H32O4/c1-13(24)23-20(27-23)12-19-17-6-5-15-11-16(26-14(2)25)7-9-21(15,3)18(17)8-10-22(19,23)4/h5,16-20H,6-12H2,1-4H3/t16?,17-,18+,19+,20-,21+,22+,23-/m1/s1. The Bertz CT molecular complexity index is 741. The number of hydrogen-bond donors (Lipinski definition) is 0. The first kappa shape index (κ1) is 17.9. The second-order valence-electron chi connectivity index (χ2n) is 10.3. The van der Waals surface area contributed by atoms with Gasteiger partial charge in [0.25, 0.3) is 0 Å². The lowest BCUT2D eigenvalue weighted by Crippen LogP contribution is -2.54. The molecule has 4 nitrogen and oxygen atoms in total. The van der Waals surface area contributed by atoms with Crippen molar-refractivity contribution < 1.29 is 19.1 Å². The fraction of sp³-hybridized carbons (Fsp3) is 0.826. The second kappa shape index (κ2) is 5.46. The first-order valence-corrected chi connectivity index (χ1v) is 10.8. The van der Waals surface area contributed by atoms with Crippen LogP contribution in [0.5, 0.6) is 0 Å². The summed E-state index contributed by atoms with van der Waals surface area (Å²) in [6.07, 6.45) is 10.1. The van der Waals surface area contributed by atoms with E-state index >= 15 is 0 Å². The zero-order chi connectivity index (χ0) is 19.2. The summed E-state index contributed by atoms with van der Waals surface area (Å²) in [4.78, 5) is 23.8. The number of epoxide rings is 1. The number of ether oxygens (including phenoxy) is 2. The smallest absolute Gasteiger partial charge is 0.302 e. The maximum Gasteiger partial charge on any atom is 0.302 e. The number of hydrogen-bond acceptors (Lipinski definition) is 4. The zero-order valence-corrected chi connectivity index (χ0v) is 17.0. The molecular weight excluding hydrogens is 340 g/mol. The highest BCUT2D eigenvalue weighted by molar-refractivity contribution is 5.90. The second-order valence-corrected chi connectivity index (χ2v) is 10.3. The van der Waals surface area contributed by atoms with Crippen molar-refractivity contribution >= 4 is 11.8 Å². The molecule has 4 aliphatic carbocycles. The molecule has 0 aromatic rings. The summed E-state index contributed by atoms with van der Waals surface area (Å²) in [5.41, 5.74) is 1.30. The maximum atomic E-state index is 12.5. The number of rotatable bonds is 2. The number of allylic oxidation sites excluding steroid dienone is 1. The first-order chi connectivity index (χ1) is 12.7. The van der Waals surface area contributed by atoms with Gasteiger partial charge in [-0.2, -0.15) is 0 Å². The molecule has 1 saturated heterocycles. The Kier molecular flexibility index (Phi) is 3.62. The molecule has 5 rings (SSSR count). The summed E-state index contributed by atoms with van der Waals surface area (Å²) < 4.78 is 11.6. The van der Waals surface area contributed by atoms with Gasteiger partial charge in [0.05, 0.1) is 6.10 Å².